The van der Waals surface area contributed by atoms with Crippen LogP contribution in [-0.4, -0.2) is 44.3 Å². The second-order valence-corrected chi connectivity index (χ2v) is 6.00. The Balaban J connectivity index is 0.000000501. The van der Waals surface area contributed by atoms with E-state index in [1.807, 2.05) is 0 Å². The van der Waals surface area contributed by atoms with E-state index < -0.39 is 23.9 Å². The molecule has 0 fully saturated rings. The summed E-state index contributed by atoms with van der Waals surface area (Å²) in [6.07, 6.45) is 5.82. The predicted molar refractivity (Wildman–Crippen MR) is 97.3 cm³/mol. The maximum absolute atomic E-state index is 10.6. The first-order valence-electron chi connectivity index (χ1n) is 8.66. The van der Waals surface area contributed by atoms with Gasteiger partial charge in [-0.05, 0) is 37.5 Å². The van der Waals surface area contributed by atoms with Crippen LogP contribution in [0, 0.1) is 6.92 Å². The van der Waals surface area contributed by atoms with Crippen molar-refractivity contribution in [1.82, 2.24) is 0 Å². The molecule has 8 nitrogen and oxygen atoms in total. The minimum atomic E-state index is -1.11. The molecule has 0 saturated carbocycles. The van der Waals surface area contributed by atoms with Crippen LogP contribution in [0.4, 0.5) is 0 Å². The molecule has 150 valence electrons. The van der Waals surface area contributed by atoms with Crippen molar-refractivity contribution in [3.63, 3.8) is 0 Å². The van der Waals surface area contributed by atoms with E-state index in [0.717, 1.165) is 38.5 Å². The van der Waals surface area contributed by atoms with Crippen LogP contribution in [0.25, 0.3) is 0 Å². The maximum Gasteiger partial charge on any atom is 0.335 e. The number of aromatic carboxylic acids is 2. The van der Waals surface area contributed by atoms with Crippen molar-refractivity contribution in [3.8, 4) is 0 Å². The molecule has 0 unspecified atom stereocenters. The highest BCUT2D eigenvalue weighted by molar-refractivity contribution is 5.96. The largest absolute Gasteiger partial charge is 0.481 e. The van der Waals surface area contributed by atoms with Crippen molar-refractivity contribution in [1.29, 1.82) is 0 Å². The Bertz CT molecular complexity index is 599. The van der Waals surface area contributed by atoms with Gasteiger partial charge in [0.25, 0.3) is 0 Å². The zero-order valence-electron chi connectivity index (χ0n) is 15.3. The second kappa shape index (κ2) is 13.3. The first kappa shape index (κ1) is 24.1. The van der Waals surface area contributed by atoms with Gasteiger partial charge in [0.15, 0.2) is 0 Å². The van der Waals surface area contributed by atoms with Crippen LogP contribution < -0.4 is 0 Å². The van der Waals surface area contributed by atoms with Crippen LogP contribution >= 0.6 is 0 Å². The van der Waals surface area contributed by atoms with Gasteiger partial charge in [-0.1, -0.05) is 31.7 Å². The SMILES string of the molecule is Cc1c(C(=O)O)cccc1C(=O)O.O=C(O)CCCCCCCCC(=O)O. The molecule has 1 aromatic rings. The summed E-state index contributed by atoms with van der Waals surface area (Å²) in [6.45, 7) is 1.48. The summed E-state index contributed by atoms with van der Waals surface area (Å²) >= 11 is 0. The fourth-order valence-corrected chi connectivity index (χ4v) is 2.36. The predicted octanol–water partition coefficient (Wildman–Crippen LogP) is 3.67. The van der Waals surface area contributed by atoms with E-state index in [9.17, 15) is 19.2 Å². The molecule has 0 aliphatic heterocycles. The quantitative estimate of drug-likeness (QED) is 0.423. The molecule has 0 bridgehead atoms. The van der Waals surface area contributed by atoms with Crippen LogP contribution in [-0.2, 0) is 9.59 Å². The average Bonchev–Trinajstić information content (AvgIpc) is 2.57. The van der Waals surface area contributed by atoms with E-state index in [4.69, 9.17) is 20.4 Å². The Labute approximate surface area is 157 Å². The lowest BCUT2D eigenvalue weighted by atomic mass is 10.0. The lowest BCUT2D eigenvalue weighted by Crippen LogP contribution is -2.06. The minimum absolute atomic E-state index is 0.0277. The van der Waals surface area contributed by atoms with Crippen LogP contribution in [0.1, 0.15) is 77.6 Å². The highest BCUT2D eigenvalue weighted by atomic mass is 16.4. The smallest absolute Gasteiger partial charge is 0.335 e. The summed E-state index contributed by atoms with van der Waals surface area (Å²) in [7, 11) is 0. The lowest BCUT2D eigenvalue weighted by Gasteiger charge is -2.03. The number of unbranched alkanes of at least 4 members (excludes halogenated alkanes) is 5. The molecule has 0 heterocycles. The summed E-state index contributed by atoms with van der Waals surface area (Å²) in [5.41, 5.74) is 0.335. The molecule has 0 aliphatic carbocycles. The summed E-state index contributed by atoms with van der Waals surface area (Å²) in [4.78, 5) is 41.5. The van der Waals surface area contributed by atoms with Crippen LogP contribution in [0.2, 0.25) is 0 Å². The molecule has 0 spiro atoms. The molecule has 8 heteroatoms. The molecule has 1 aromatic carbocycles. The van der Waals surface area contributed by atoms with Crippen LogP contribution in [0.3, 0.4) is 0 Å². The van der Waals surface area contributed by atoms with Gasteiger partial charge in [-0.25, -0.2) is 9.59 Å². The molecule has 1 rings (SSSR count). The fraction of sp³-hybridized carbons (Fsp3) is 0.474. The van der Waals surface area contributed by atoms with E-state index >= 15 is 0 Å². The number of carbonyl (C=O) groups is 4. The number of hydrogen-bond donors (Lipinski definition) is 4. The Hall–Kier alpha value is -2.90. The Kier molecular flexibility index (Phi) is 11.9. The van der Waals surface area contributed by atoms with Gasteiger partial charge in [0.2, 0.25) is 0 Å². The molecule has 0 saturated heterocycles. The van der Waals surface area contributed by atoms with Gasteiger partial charge in [-0.15, -0.1) is 0 Å². The van der Waals surface area contributed by atoms with Gasteiger partial charge in [0, 0.05) is 12.8 Å². The van der Waals surface area contributed by atoms with Crippen molar-refractivity contribution < 1.29 is 39.6 Å². The van der Waals surface area contributed by atoms with Gasteiger partial charge in [0.05, 0.1) is 11.1 Å². The number of rotatable bonds is 11. The molecule has 0 aromatic heterocycles. The van der Waals surface area contributed by atoms with E-state index in [-0.39, 0.29) is 29.5 Å². The van der Waals surface area contributed by atoms with Gasteiger partial charge in [0.1, 0.15) is 0 Å². The third kappa shape index (κ3) is 11.4. The summed E-state index contributed by atoms with van der Waals surface area (Å²) in [5.74, 6) is -3.70. The monoisotopic (exact) mass is 382 g/mol. The first-order valence-corrected chi connectivity index (χ1v) is 8.66. The standard InChI is InChI=1S/C10H18O4.C9H8O4/c11-9(12)7-5-3-1-2-4-6-8-10(13)14;1-5-6(8(10)11)3-2-4-7(5)9(12)13/h1-8H2,(H,11,12)(H,13,14);2-4H,1H3,(H,10,11)(H,12,13). The summed E-state index contributed by atoms with van der Waals surface area (Å²) in [5, 5.41) is 34.1. The van der Waals surface area contributed by atoms with E-state index in [1.165, 1.54) is 25.1 Å². The highest BCUT2D eigenvalue weighted by Crippen LogP contribution is 2.13. The number of benzene rings is 1. The molecular formula is C19H26O8. The normalized spacial score (nSPS) is 9.81. The Morgan fingerprint density at radius 1 is 0.667 bits per heavy atom. The molecule has 0 amide bonds. The number of aliphatic carboxylic acids is 2. The molecule has 0 radical (unpaired) electrons. The first-order chi connectivity index (χ1) is 12.7. The second-order valence-electron chi connectivity index (χ2n) is 6.00. The molecule has 4 N–H and O–H groups in total. The maximum atomic E-state index is 10.6. The van der Waals surface area contributed by atoms with E-state index in [0.29, 0.717) is 0 Å². The van der Waals surface area contributed by atoms with Gasteiger partial charge < -0.3 is 20.4 Å². The van der Waals surface area contributed by atoms with Crippen molar-refractivity contribution in [3.05, 3.63) is 34.9 Å². The van der Waals surface area contributed by atoms with Crippen LogP contribution in [0.5, 0.6) is 0 Å². The highest BCUT2D eigenvalue weighted by Gasteiger charge is 2.13. The van der Waals surface area contributed by atoms with Crippen molar-refractivity contribution in [2.45, 2.75) is 58.3 Å². The summed E-state index contributed by atoms with van der Waals surface area (Å²) in [6, 6.07) is 4.17. The minimum Gasteiger partial charge on any atom is -0.481 e. The molecule has 27 heavy (non-hydrogen) atoms. The number of carboxylic acid groups (broad SMARTS) is 4. The average molecular weight is 382 g/mol. The number of hydrogen-bond acceptors (Lipinski definition) is 4. The number of carboxylic acids is 4. The van der Waals surface area contributed by atoms with Crippen LogP contribution in [0.15, 0.2) is 18.2 Å². The molecular weight excluding hydrogens is 356 g/mol. The molecule has 0 aliphatic rings. The van der Waals surface area contributed by atoms with E-state index in [2.05, 4.69) is 0 Å². The Morgan fingerprint density at radius 3 is 1.30 bits per heavy atom. The van der Waals surface area contributed by atoms with Crippen molar-refractivity contribution >= 4 is 23.9 Å². The van der Waals surface area contributed by atoms with Gasteiger partial charge >= 0.3 is 23.9 Å². The van der Waals surface area contributed by atoms with Crippen molar-refractivity contribution in [2.24, 2.45) is 0 Å². The topological polar surface area (TPSA) is 149 Å². The Morgan fingerprint density at radius 2 is 1.00 bits per heavy atom. The zero-order valence-corrected chi connectivity index (χ0v) is 15.3. The van der Waals surface area contributed by atoms with E-state index in [1.54, 1.807) is 0 Å². The third-order valence-electron chi connectivity index (χ3n) is 3.83. The molecule has 0 atom stereocenters. The third-order valence-corrected chi connectivity index (χ3v) is 3.83. The fourth-order valence-electron chi connectivity index (χ4n) is 2.36. The van der Waals surface area contributed by atoms with Crippen molar-refractivity contribution in [2.75, 3.05) is 0 Å². The summed E-state index contributed by atoms with van der Waals surface area (Å²) < 4.78 is 0. The van der Waals surface area contributed by atoms with Gasteiger partial charge in [-0.3, -0.25) is 9.59 Å². The van der Waals surface area contributed by atoms with Gasteiger partial charge in [-0.2, -0.15) is 0 Å². The zero-order chi connectivity index (χ0) is 20.8. The lowest BCUT2D eigenvalue weighted by molar-refractivity contribution is -0.138.